The fourth-order valence-electron chi connectivity index (χ4n) is 3.71. The van der Waals surface area contributed by atoms with Gasteiger partial charge in [-0.25, -0.2) is 0 Å². The third-order valence-electron chi connectivity index (χ3n) is 3.94. The van der Waals surface area contributed by atoms with E-state index in [0.717, 1.165) is 12.2 Å². The van der Waals surface area contributed by atoms with Crippen LogP contribution in [0.15, 0.2) is 6.20 Å². The molecule has 1 aromatic heterocycles. The molecule has 4 heteroatoms. The highest BCUT2D eigenvalue weighted by atomic mass is 15.4. The molecule has 0 aliphatic heterocycles. The van der Waals surface area contributed by atoms with E-state index in [-0.39, 0.29) is 0 Å². The number of rotatable bonds is 3. The molecule has 1 heterocycles. The highest BCUT2D eigenvalue weighted by Crippen LogP contribution is 2.45. The van der Waals surface area contributed by atoms with Crippen LogP contribution >= 0.6 is 0 Å². The normalized spacial score (nSPS) is 23.2. The van der Waals surface area contributed by atoms with Gasteiger partial charge in [-0.1, -0.05) is 32.9 Å². The maximum absolute atomic E-state index is 3.96. The van der Waals surface area contributed by atoms with Gasteiger partial charge in [0.25, 0.3) is 0 Å². The molecule has 2 rings (SSSR count). The first-order chi connectivity index (χ1) is 8.27. The first kappa shape index (κ1) is 13.5. The van der Waals surface area contributed by atoms with Gasteiger partial charge in [0, 0.05) is 19.6 Å². The van der Waals surface area contributed by atoms with Crippen LogP contribution in [0.4, 0.5) is 0 Å². The summed E-state index contributed by atoms with van der Waals surface area (Å²) >= 11 is 0. The van der Waals surface area contributed by atoms with Gasteiger partial charge < -0.3 is 5.32 Å². The highest BCUT2D eigenvalue weighted by Gasteiger charge is 2.38. The lowest BCUT2D eigenvalue weighted by molar-refractivity contribution is 0.0842. The van der Waals surface area contributed by atoms with Gasteiger partial charge in [-0.15, -0.1) is 5.10 Å². The van der Waals surface area contributed by atoms with Crippen LogP contribution in [0.1, 0.15) is 52.7 Å². The van der Waals surface area contributed by atoms with Crippen LogP contribution in [0.2, 0.25) is 0 Å². The number of aryl methyl sites for hydroxylation is 1. The number of hydrogen-bond donors (Lipinski definition) is 1. The van der Waals surface area contributed by atoms with Gasteiger partial charge in [0.15, 0.2) is 0 Å². The van der Waals surface area contributed by atoms with Crippen molar-refractivity contribution < 1.29 is 0 Å². The summed E-state index contributed by atoms with van der Waals surface area (Å²) in [7, 11) is 1.94. The predicted molar refractivity (Wildman–Crippen MR) is 73.0 cm³/mol. The number of aromatic nitrogens is 3. The Hall–Kier alpha value is -0.900. The Labute approximate surface area is 110 Å². The summed E-state index contributed by atoms with van der Waals surface area (Å²) in [6.07, 6.45) is 5.65. The van der Waals surface area contributed by atoms with Gasteiger partial charge in [-0.2, -0.15) is 0 Å². The first-order valence-electron chi connectivity index (χ1n) is 6.84. The monoisotopic (exact) mass is 250 g/mol. The van der Waals surface area contributed by atoms with Crippen molar-refractivity contribution >= 4 is 0 Å². The molecular weight excluding hydrogens is 224 g/mol. The quantitative estimate of drug-likeness (QED) is 0.896. The Morgan fingerprint density at radius 3 is 2.39 bits per heavy atom. The highest BCUT2D eigenvalue weighted by molar-refractivity contribution is 4.96. The summed E-state index contributed by atoms with van der Waals surface area (Å²) in [4.78, 5) is 0. The molecule has 0 aromatic carbocycles. The molecule has 0 atom stereocenters. The molecule has 0 radical (unpaired) electrons. The van der Waals surface area contributed by atoms with Crippen molar-refractivity contribution in [1.29, 1.82) is 0 Å². The maximum Gasteiger partial charge on any atom is 0.0738 e. The minimum absolute atomic E-state index is 0.435. The summed E-state index contributed by atoms with van der Waals surface area (Å²) in [6.45, 7) is 10.4. The van der Waals surface area contributed by atoms with Crippen LogP contribution in [0.3, 0.4) is 0 Å². The van der Waals surface area contributed by atoms with Crippen molar-refractivity contribution in [2.75, 3.05) is 0 Å². The summed E-state index contributed by atoms with van der Waals surface area (Å²) in [6, 6.07) is 0.596. The van der Waals surface area contributed by atoms with Gasteiger partial charge >= 0.3 is 0 Å². The van der Waals surface area contributed by atoms with Crippen molar-refractivity contribution in [3.05, 3.63) is 11.9 Å². The third-order valence-corrected chi connectivity index (χ3v) is 3.94. The van der Waals surface area contributed by atoms with E-state index in [4.69, 9.17) is 0 Å². The molecule has 1 saturated carbocycles. The summed E-state index contributed by atoms with van der Waals surface area (Å²) in [5, 5.41) is 11.6. The van der Waals surface area contributed by atoms with Crippen LogP contribution in [-0.2, 0) is 13.6 Å². The van der Waals surface area contributed by atoms with E-state index in [2.05, 4.69) is 43.3 Å². The Bertz CT molecular complexity index is 390. The van der Waals surface area contributed by atoms with Gasteiger partial charge in [0.05, 0.1) is 11.9 Å². The third kappa shape index (κ3) is 3.31. The molecule has 1 aliphatic carbocycles. The standard InChI is InChI=1S/C14H26N4/c1-13(2)6-11(7-14(3,4)10-13)15-8-12-9-16-17-18(12)5/h9,11,15H,6-8,10H2,1-5H3. The van der Waals surface area contributed by atoms with Gasteiger partial charge in [0.2, 0.25) is 0 Å². The van der Waals surface area contributed by atoms with Crippen molar-refractivity contribution in [3.63, 3.8) is 0 Å². The largest absolute Gasteiger partial charge is 0.308 e. The summed E-state index contributed by atoms with van der Waals surface area (Å²) in [5.74, 6) is 0. The average Bonchev–Trinajstić information content (AvgIpc) is 2.56. The predicted octanol–water partition coefficient (Wildman–Crippen LogP) is 2.51. The topological polar surface area (TPSA) is 42.7 Å². The molecule has 0 spiro atoms. The second kappa shape index (κ2) is 4.65. The van der Waals surface area contributed by atoms with E-state index < -0.39 is 0 Å². The number of nitrogens with one attached hydrogen (secondary N) is 1. The lowest BCUT2D eigenvalue weighted by atomic mass is 9.63. The molecule has 1 fully saturated rings. The van der Waals surface area contributed by atoms with Crippen molar-refractivity contribution in [3.8, 4) is 0 Å². The Kier molecular flexibility index (Phi) is 3.49. The van der Waals surface area contributed by atoms with E-state index in [1.54, 1.807) is 0 Å². The fraction of sp³-hybridized carbons (Fsp3) is 0.857. The molecule has 4 nitrogen and oxygen atoms in total. The zero-order valence-electron chi connectivity index (χ0n) is 12.3. The minimum atomic E-state index is 0.435. The Morgan fingerprint density at radius 1 is 1.28 bits per heavy atom. The van der Waals surface area contributed by atoms with E-state index in [9.17, 15) is 0 Å². The van der Waals surface area contributed by atoms with E-state index in [1.165, 1.54) is 19.3 Å². The zero-order chi connectivity index (χ0) is 13.4. The molecule has 0 unspecified atom stereocenters. The molecule has 1 aromatic rings. The van der Waals surface area contributed by atoms with Crippen LogP contribution in [0, 0.1) is 10.8 Å². The Balaban J connectivity index is 1.95. The second-order valence-electron chi connectivity index (χ2n) is 7.34. The first-order valence-corrected chi connectivity index (χ1v) is 6.84. The molecular formula is C14H26N4. The van der Waals surface area contributed by atoms with Crippen molar-refractivity contribution in [1.82, 2.24) is 20.3 Å². The average molecular weight is 250 g/mol. The SMILES string of the molecule is Cn1nncc1CNC1CC(C)(C)CC(C)(C)C1. The Morgan fingerprint density at radius 2 is 1.89 bits per heavy atom. The van der Waals surface area contributed by atoms with Crippen LogP contribution in [0.5, 0.6) is 0 Å². The van der Waals surface area contributed by atoms with Crippen molar-refractivity contribution in [2.45, 2.75) is 59.5 Å². The number of nitrogens with zero attached hydrogens (tertiary/aromatic N) is 3. The minimum Gasteiger partial charge on any atom is -0.308 e. The van der Waals surface area contributed by atoms with Gasteiger partial charge in [-0.05, 0) is 30.1 Å². The van der Waals surface area contributed by atoms with E-state index in [1.807, 2.05) is 17.9 Å². The molecule has 1 aliphatic rings. The smallest absolute Gasteiger partial charge is 0.0738 e. The molecule has 1 N–H and O–H groups in total. The molecule has 0 bridgehead atoms. The van der Waals surface area contributed by atoms with Gasteiger partial charge in [0.1, 0.15) is 0 Å². The van der Waals surface area contributed by atoms with E-state index >= 15 is 0 Å². The van der Waals surface area contributed by atoms with Crippen LogP contribution in [0.25, 0.3) is 0 Å². The molecule has 0 amide bonds. The molecule has 0 saturated heterocycles. The van der Waals surface area contributed by atoms with E-state index in [0.29, 0.717) is 16.9 Å². The number of hydrogen-bond acceptors (Lipinski definition) is 3. The van der Waals surface area contributed by atoms with Crippen molar-refractivity contribution in [2.24, 2.45) is 17.9 Å². The lowest BCUT2D eigenvalue weighted by Gasteiger charge is -2.45. The fourth-order valence-corrected chi connectivity index (χ4v) is 3.71. The van der Waals surface area contributed by atoms with Crippen LogP contribution < -0.4 is 5.32 Å². The van der Waals surface area contributed by atoms with Crippen LogP contribution in [-0.4, -0.2) is 21.0 Å². The maximum atomic E-state index is 3.96. The second-order valence-corrected chi connectivity index (χ2v) is 7.34. The summed E-state index contributed by atoms with van der Waals surface area (Å²) in [5.41, 5.74) is 2.02. The zero-order valence-corrected chi connectivity index (χ0v) is 12.3. The van der Waals surface area contributed by atoms with Gasteiger partial charge in [-0.3, -0.25) is 4.68 Å². The lowest BCUT2D eigenvalue weighted by Crippen LogP contribution is -2.43. The summed E-state index contributed by atoms with van der Waals surface area (Å²) < 4.78 is 1.84. The molecule has 18 heavy (non-hydrogen) atoms. The molecule has 102 valence electrons.